The highest BCUT2D eigenvalue weighted by atomic mass is 32.1. The van der Waals surface area contributed by atoms with E-state index >= 15 is 0 Å². The molecule has 0 unspecified atom stereocenters. The minimum atomic E-state index is -0.0255. The second-order valence-corrected chi connectivity index (χ2v) is 6.96. The molecule has 0 bridgehead atoms. The lowest BCUT2D eigenvalue weighted by Gasteiger charge is -2.17. The summed E-state index contributed by atoms with van der Waals surface area (Å²) in [5.74, 6) is 2.73. The maximum absolute atomic E-state index is 12.5. The van der Waals surface area contributed by atoms with E-state index in [-0.39, 0.29) is 12.3 Å². The number of rotatable bonds is 8. The molecule has 3 rings (SSSR count). The Morgan fingerprint density at radius 3 is 2.63 bits per heavy atom. The van der Waals surface area contributed by atoms with E-state index in [1.54, 1.807) is 30.4 Å². The Hall–Kier alpha value is -2.80. The van der Waals surface area contributed by atoms with Gasteiger partial charge in [-0.1, -0.05) is 6.07 Å². The second kappa shape index (κ2) is 8.73. The van der Waals surface area contributed by atoms with Crippen molar-refractivity contribution < 1.29 is 18.7 Å². The largest absolute Gasteiger partial charge is 0.497 e. The van der Waals surface area contributed by atoms with Crippen LogP contribution in [0.2, 0.25) is 0 Å². The molecule has 0 aliphatic heterocycles. The molecule has 3 aromatic rings. The number of likely N-dealkylation sites (N-methyl/N-ethyl adjacent to an activating group) is 1. The molecule has 0 N–H and O–H groups in total. The number of carbonyl (C=O) groups excluding carboxylic acids is 1. The highest BCUT2D eigenvalue weighted by Crippen LogP contribution is 2.26. The molecule has 142 valence electrons. The third-order valence-corrected chi connectivity index (χ3v) is 4.98. The molecule has 1 aromatic carbocycles. The molecule has 0 saturated heterocycles. The molecule has 0 aliphatic carbocycles. The van der Waals surface area contributed by atoms with Gasteiger partial charge in [0.25, 0.3) is 0 Å². The number of benzene rings is 1. The van der Waals surface area contributed by atoms with Gasteiger partial charge in [-0.3, -0.25) is 4.79 Å². The van der Waals surface area contributed by atoms with Gasteiger partial charge in [-0.15, -0.1) is 11.3 Å². The minimum Gasteiger partial charge on any atom is -0.497 e. The van der Waals surface area contributed by atoms with Crippen molar-refractivity contribution in [2.24, 2.45) is 0 Å². The van der Waals surface area contributed by atoms with Gasteiger partial charge >= 0.3 is 0 Å². The van der Waals surface area contributed by atoms with Gasteiger partial charge in [0.1, 0.15) is 23.9 Å². The van der Waals surface area contributed by atoms with Crippen molar-refractivity contribution in [2.75, 3.05) is 27.3 Å². The molecule has 0 aliphatic rings. The lowest BCUT2D eigenvalue weighted by Crippen LogP contribution is -2.32. The second-order valence-electron chi connectivity index (χ2n) is 6.02. The summed E-state index contributed by atoms with van der Waals surface area (Å²) in [5, 5.41) is 1.97. The Bertz CT molecular complexity index is 872. The number of thiophene rings is 1. The zero-order chi connectivity index (χ0) is 19.2. The molecule has 1 amide bonds. The Labute approximate surface area is 162 Å². The van der Waals surface area contributed by atoms with Crippen LogP contribution in [0.15, 0.2) is 46.2 Å². The smallest absolute Gasteiger partial charge is 0.236 e. The summed E-state index contributed by atoms with van der Waals surface area (Å²) in [6.45, 7) is 2.73. The van der Waals surface area contributed by atoms with Crippen LogP contribution in [-0.4, -0.2) is 43.1 Å². The standard InChI is InChI=1S/C20H22N2O4S/c1-14-17(21-20(26-14)18-5-4-12-27-18)13-19(23)22(2)10-11-25-16-8-6-15(24-3)7-9-16/h4-9,12H,10-11,13H2,1-3H3. The Kier molecular flexibility index (Phi) is 6.13. The number of carbonyl (C=O) groups is 1. The normalized spacial score (nSPS) is 10.6. The molecule has 0 fully saturated rings. The van der Waals surface area contributed by atoms with Gasteiger partial charge in [-0.05, 0) is 42.6 Å². The monoisotopic (exact) mass is 386 g/mol. The first-order valence-electron chi connectivity index (χ1n) is 8.58. The maximum Gasteiger partial charge on any atom is 0.236 e. The molecule has 27 heavy (non-hydrogen) atoms. The summed E-state index contributed by atoms with van der Waals surface area (Å²) in [5.41, 5.74) is 0.673. The Balaban J connectivity index is 1.50. The fourth-order valence-electron chi connectivity index (χ4n) is 2.47. The van der Waals surface area contributed by atoms with Crippen LogP contribution < -0.4 is 9.47 Å². The number of ether oxygens (including phenoxy) is 2. The summed E-state index contributed by atoms with van der Waals surface area (Å²) < 4.78 is 16.5. The predicted octanol–water partition coefficient (Wildman–Crippen LogP) is 3.80. The lowest BCUT2D eigenvalue weighted by molar-refractivity contribution is -0.129. The van der Waals surface area contributed by atoms with Gasteiger partial charge in [-0.2, -0.15) is 0 Å². The van der Waals surface area contributed by atoms with Gasteiger partial charge in [0.05, 0.1) is 30.6 Å². The van der Waals surface area contributed by atoms with Gasteiger partial charge in [0.15, 0.2) is 0 Å². The van der Waals surface area contributed by atoms with Crippen LogP contribution in [-0.2, 0) is 11.2 Å². The van der Waals surface area contributed by atoms with Gasteiger partial charge in [-0.25, -0.2) is 4.98 Å². The van der Waals surface area contributed by atoms with Crippen molar-refractivity contribution in [3.05, 3.63) is 53.2 Å². The predicted molar refractivity (Wildman–Crippen MR) is 104 cm³/mol. The Morgan fingerprint density at radius 2 is 1.96 bits per heavy atom. The van der Waals surface area contributed by atoms with Crippen LogP contribution in [0.5, 0.6) is 11.5 Å². The van der Waals surface area contributed by atoms with Crippen molar-refractivity contribution in [2.45, 2.75) is 13.3 Å². The highest BCUT2D eigenvalue weighted by Gasteiger charge is 2.17. The summed E-state index contributed by atoms with van der Waals surface area (Å²) in [7, 11) is 3.38. The van der Waals surface area contributed by atoms with E-state index in [1.807, 2.05) is 48.7 Å². The van der Waals surface area contributed by atoms with Crippen LogP contribution in [0.25, 0.3) is 10.8 Å². The van der Waals surface area contributed by atoms with Crippen LogP contribution in [0.4, 0.5) is 0 Å². The molecule has 6 nitrogen and oxygen atoms in total. The van der Waals surface area contributed by atoms with Crippen LogP contribution in [0.1, 0.15) is 11.5 Å². The first-order valence-corrected chi connectivity index (χ1v) is 9.46. The molecule has 0 spiro atoms. The number of hydrogen-bond acceptors (Lipinski definition) is 6. The molecule has 7 heteroatoms. The number of methoxy groups -OCH3 is 1. The summed E-state index contributed by atoms with van der Waals surface area (Å²) in [6.07, 6.45) is 0.208. The van der Waals surface area contributed by atoms with E-state index in [1.165, 1.54) is 0 Å². The third kappa shape index (κ3) is 4.89. The average Bonchev–Trinajstić information content (AvgIpc) is 3.32. The zero-order valence-electron chi connectivity index (χ0n) is 15.6. The fourth-order valence-corrected chi connectivity index (χ4v) is 3.12. The van der Waals surface area contributed by atoms with Crippen molar-refractivity contribution in [3.63, 3.8) is 0 Å². The molecular formula is C20H22N2O4S. The number of nitrogens with zero attached hydrogens (tertiary/aromatic N) is 2. The van der Waals surface area contributed by atoms with Gasteiger partial charge < -0.3 is 18.8 Å². The number of hydrogen-bond donors (Lipinski definition) is 0. The maximum atomic E-state index is 12.5. The minimum absolute atomic E-state index is 0.0255. The molecule has 2 aromatic heterocycles. The first kappa shape index (κ1) is 19.0. The van der Waals surface area contributed by atoms with E-state index < -0.39 is 0 Å². The van der Waals surface area contributed by atoms with Gasteiger partial charge in [0.2, 0.25) is 11.8 Å². The van der Waals surface area contributed by atoms with E-state index in [9.17, 15) is 4.79 Å². The zero-order valence-corrected chi connectivity index (χ0v) is 16.4. The van der Waals surface area contributed by atoms with Crippen molar-refractivity contribution in [1.29, 1.82) is 0 Å². The van der Waals surface area contributed by atoms with Crippen LogP contribution in [0.3, 0.4) is 0 Å². The van der Waals surface area contributed by atoms with E-state index in [4.69, 9.17) is 13.9 Å². The van der Waals surface area contributed by atoms with Crippen LogP contribution in [0, 0.1) is 6.92 Å². The molecule has 0 atom stereocenters. The van der Waals surface area contributed by atoms with E-state index in [0.29, 0.717) is 30.5 Å². The van der Waals surface area contributed by atoms with Crippen LogP contribution >= 0.6 is 11.3 Å². The molecule has 2 heterocycles. The lowest BCUT2D eigenvalue weighted by atomic mass is 10.2. The SMILES string of the molecule is COc1ccc(OCCN(C)C(=O)Cc2nc(-c3cccs3)oc2C)cc1. The number of amides is 1. The number of oxazole rings is 1. The molecule has 0 saturated carbocycles. The van der Waals surface area contributed by atoms with Gasteiger partial charge in [0, 0.05) is 7.05 Å². The van der Waals surface area contributed by atoms with E-state index in [2.05, 4.69) is 4.98 Å². The topological polar surface area (TPSA) is 64.8 Å². The summed E-state index contributed by atoms with van der Waals surface area (Å²) in [4.78, 5) is 19.5. The van der Waals surface area contributed by atoms with Crippen molar-refractivity contribution in [3.8, 4) is 22.3 Å². The Morgan fingerprint density at radius 1 is 1.22 bits per heavy atom. The third-order valence-electron chi connectivity index (χ3n) is 4.12. The quantitative estimate of drug-likeness (QED) is 0.589. The fraction of sp³-hybridized carbons (Fsp3) is 0.300. The average molecular weight is 386 g/mol. The number of aryl methyl sites for hydroxylation is 1. The summed E-state index contributed by atoms with van der Waals surface area (Å²) >= 11 is 1.56. The number of aromatic nitrogens is 1. The molecular weight excluding hydrogens is 364 g/mol. The molecule has 0 radical (unpaired) electrons. The summed E-state index contributed by atoms with van der Waals surface area (Å²) in [6, 6.07) is 11.2. The van der Waals surface area contributed by atoms with E-state index in [0.717, 1.165) is 16.4 Å². The highest BCUT2D eigenvalue weighted by molar-refractivity contribution is 7.13. The first-order chi connectivity index (χ1) is 13.1. The van der Waals surface area contributed by atoms with Crippen molar-refractivity contribution >= 4 is 17.2 Å². The van der Waals surface area contributed by atoms with Crippen molar-refractivity contribution in [1.82, 2.24) is 9.88 Å².